The van der Waals surface area contributed by atoms with Crippen molar-refractivity contribution in [1.29, 1.82) is 0 Å². The number of anilines is 1. The summed E-state index contributed by atoms with van der Waals surface area (Å²) in [7, 11) is 0. The van der Waals surface area contributed by atoms with E-state index in [1.807, 2.05) is 0 Å². The van der Waals surface area contributed by atoms with Crippen molar-refractivity contribution in [1.82, 2.24) is 5.32 Å². The molecular weight excluding hydrogens is 288 g/mol. The highest BCUT2D eigenvalue weighted by molar-refractivity contribution is 9.10. The predicted molar refractivity (Wildman–Crippen MR) is 82.4 cm³/mol. The van der Waals surface area contributed by atoms with Crippen LogP contribution in [0.5, 0.6) is 0 Å². The maximum atomic E-state index is 3.70. The molecule has 2 rings (SSSR count). The van der Waals surface area contributed by atoms with Crippen molar-refractivity contribution in [3.05, 3.63) is 28.2 Å². The van der Waals surface area contributed by atoms with Crippen LogP contribution in [-0.4, -0.2) is 25.7 Å². The predicted octanol–water partition coefficient (Wildman–Crippen LogP) is 3.73. The summed E-state index contributed by atoms with van der Waals surface area (Å²) in [6.07, 6.45) is 3.74. The molecule has 1 aliphatic rings. The van der Waals surface area contributed by atoms with Crippen LogP contribution in [0.4, 0.5) is 5.69 Å². The van der Waals surface area contributed by atoms with E-state index in [2.05, 4.69) is 58.2 Å². The summed E-state index contributed by atoms with van der Waals surface area (Å²) < 4.78 is 1.22. The molecule has 1 atom stereocenters. The van der Waals surface area contributed by atoms with Crippen LogP contribution in [0.1, 0.15) is 31.7 Å². The molecule has 1 heterocycles. The zero-order chi connectivity index (χ0) is 13.0. The number of halogens is 1. The molecule has 0 aliphatic carbocycles. The largest absolute Gasteiger partial charge is 0.369 e. The van der Waals surface area contributed by atoms with Gasteiger partial charge in [0.1, 0.15) is 0 Å². The minimum Gasteiger partial charge on any atom is -0.369 e. The highest BCUT2D eigenvalue weighted by atomic mass is 79.9. The Balaban J connectivity index is 2.14. The van der Waals surface area contributed by atoms with E-state index in [9.17, 15) is 0 Å². The van der Waals surface area contributed by atoms with Crippen molar-refractivity contribution in [3.63, 3.8) is 0 Å². The van der Waals surface area contributed by atoms with Gasteiger partial charge in [0.2, 0.25) is 0 Å². The molecule has 1 aliphatic heterocycles. The highest BCUT2D eigenvalue weighted by Crippen LogP contribution is 2.28. The number of nitrogens with one attached hydrogen (secondary N) is 1. The number of aryl methyl sites for hydroxylation is 1. The van der Waals surface area contributed by atoms with Crippen molar-refractivity contribution >= 4 is 21.6 Å². The fraction of sp³-hybridized carbons (Fsp3) is 0.600. The van der Waals surface area contributed by atoms with Gasteiger partial charge in [0.15, 0.2) is 0 Å². The summed E-state index contributed by atoms with van der Waals surface area (Å²) >= 11 is 3.70. The number of hydrogen-bond donors (Lipinski definition) is 1. The lowest BCUT2D eigenvalue weighted by Gasteiger charge is -2.27. The molecule has 0 amide bonds. The maximum Gasteiger partial charge on any atom is 0.0511 e. The van der Waals surface area contributed by atoms with Crippen LogP contribution >= 0.6 is 15.9 Å². The Bertz CT molecular complexity index is 392. The normalized spacial score (nSPS) is 20.8. The average Bonchev–Trinajstić information content (AvgIpc) is 2.55. The Morgan fingerprint density at radius 3 is 3.00 bits per heavy atom. The van der Waals surface area contributed by atoms with Crippen LogP contribution in [-0.2, 0) is 0 Å². The summed E-state index contributed by atoms with van der Waals surface area (Å²) in [6, 6.07) is 7.29. The Hall–Kier alpha value is -0.540. The van der Waals surface area contributed by atoms with E-state index in [-0.39, 0.29) is 0 Å². The molecule has 3 heteroatoms. The standard InChI is InChI=1S/C15H23BrN2/c1-3-5-13-11-18(9-4-8-17-13)15-7-6-12(2)10-14(15)16/h6-7,10,13,17H,3-5,8-9,11H2,1-2H3. The number of rotatable bonds is 3. The molecule has 0 radical (unpaired) electrons. The zero-order valence-corrected chi connectivity index (χ0v) is 13.0. The SMILES string of the molecule is CCCC1CN(c2ccc(C)cc2Br)CCCN1. The smallest absolute Gasteiger partial charge is 0.0511 e. The molecular formula is C15H23BrN2. The molecule has 0 bridgehead atoms. The lowest BCUT2D eigenvalue weighted by atomic mass is 10.1. The van der Waals surface area contributed by atoms with Crippen LogP contribution in [0, 0.1) is 6.92 Å². The second-order valence-electron chi connectivity index (χ2n) is 5.19. The summed E-state index contributed by atoms with van der Waals surface area (Å²) in [5.74, 6) is 0. The topological polar surface area (TPSA) is 15.3 Å². The van der Waals surface area contributed by atoms with Crippen molar-refractivity contribution in [2.45, 2.75) is 39.2 Å². The summed E-state index contributed by atoms with van der Waals surface area (Å²) in [4.78, 5) is 2.52. The number of hydrogen-bond acceptors (Lipinski definition) is 2. The molecule has 1 aromatic carbocycles. The first-order valence-electron chi connectivity index (χ1n) is 6.95. The third-order valence-corrected chi connectivity index (χ3v) is 4.19. The van der Waals surface area contributed by atoms with E-state index < -0.39 is 0 Å². The van der Waals surface area contributed by atoms with Gasteiger partial charge in [0.25, 0.3) is 0 Å². The van der Waals surface area contributed by atoms with Gasteiger partial charge in [0.05, 0.1) is 5.69 Å². The zero-order valence-electron chi connectivity index (χ0n) is 11.4. The van der Waals surface area contributed by atoms with Gasteiger partial charge in [-0.25, -0.2) is 0 Å². The van der Waals surface area contributed by atoms with Gasteiger partial charge in [0, 0.05) is 23.6 Å². The first-order chi connectivity index (χ1) is 8.70. The summed E-state index contributed by atoms with van der Waals surface area (Å²) in [6.45, 7) is 7.81. The van der Waals surface area contributed by atoms with Gasteiger partial charge < -0.3 is 10.2 Å². The molecule has 1 unspecified atom stereocenters. The van der Waals surface area contributed by atoms with Crippen molar-refractivity contribution in [2.24, 2.45) is 0 Å². The Morgan fingerprint density at radius 2 is 2.28 bits per heavy atom. The van der Waals surface area contributed by atoms with Crippen LogP contribution in [0.15, 0.2) is 22.7 Å². The minimum absolute atomic E-state index is 0.630. The van der Waals surface area contributed by atoms with Crippen LogP contribution < -0.4 is 10.2 Å². The van der Waals surface area contributed by atoms with E-state index in [0.717, 1.165) is 19.6 Å². The Morgan fingerprint density at radius 1 is 1.44 bits per heavy atom. The van der Waals surface area contributed by atoms with E-state index in [4.69, 9.17) is 0 Å². The maximum absolute atomic E-state index is 3.70. The van der Waals surface area contributed by atoms with Gasteiger partial charge in [-0.1, -0.05) is 19.4 Å². The molecule has 0 aromatic heterocycles. The number of benzene rings is 1. The monoisotopic (exact) mass is 310 g/mol. The minimum atomic E-state index is 0.630. The second-order valence-corrected chi connectivity index (χ2v) is 6.05. The molecule has 1 saturated heterocycles. The Kier molecular flexibility index (Phi) is 5.07. The average molecular weight is 311 g/mol. The highest BCUT2D eigenvalue weighted by Gasteiger charge is 2.18. The molecule has 1 aromatic rings. The van der Waals surface area contributed by atoms with Crippen molar-refractivity contribution in [2.75, 3.05) is 24.5 Å². The fourth-order valence-electron chi connectivity index (χ4n) is 2.63. The van der Waals surface area contributed by atoms with E-state index in [1.54, 1.807) is 0 Å². The quantitative estimate of drug-likeness (QED) is 0.915. The lowest BCUT2D eigenvalue weighted by Crippen LogP contribution is -2.37. The van der Waals surface area contributed by atoms with E-state index in [1.165, 1.54) is 35.0 Å². The van der Waals surface area contributed by atoms with Crippen molar-refractivity contribution in [3.8, 4) is 0 Å². The van der Waals surface area contributed by atoms with E-state index >= 15 is 0 Å². The summed E-state index contributed by atoms with van der Waals surface area (Å²) in [5.41, 5.74) is 2.65. The number of nitrogens with zero attached hydrogens (tertiary/aromatic N) is 1. The second kappa shape index (κ2) is 6.58. The van der Waals surface area contributed by atoms with Crippen LogP contribution in [0.3, 0.4) is 0 Å². The van der Waals surface area contributed by atoms with Crippen LogP contribution in [0.2, 0.25) is 0 Å². The molecule has 2 nitrogen and oxygen atoms in total. The molecule has 1 fully saturated rings. The van der Waals surface area contributed by atoms with Gasteiger partial charge in [-0.2, -0.15) is 0 Å². The van der Waals surface area contributed by atoms with Gasteiger partial charge in [-0.05, 0) is 59.9 Å². The fourth-order valence-corrected chi connectivity index (χ4v) is 3.37. The molecule has 0 saturated carbocycles. The molecule has 18 heavy (non-hydrogen) atoms. The van der Waals surface area contributed by atoms with Gasteiger partial charge >= 0.3 is 0 Å². The molecule has 0 spiro atoms. The summed E-state index contributed by atoms with van der Waals surface area (Å²) in [5, 5.41) is 3.66. The first kappa shape index (κ1) is 13.9. The lowest BCUT2D eigenvalue weighted by molar-refractivity contribution is 0.502. The third-order valence-electron chi connectivity index (χ3n) is 3.56. The molecule has 1 N–H and O–H groups in total. The third kappa shape index (κ3) is 3.48. The van der Waals surface area contributed by atoms with Gasteiger partial charge in [-0.15, -0.1) is 0 Å². The van der Waals surface area contributed by atoms with Gasteiger partial charge in [-0.3, -0.25) is 0 Å². The Labute approximate surface area is 119 Å². The molecule has 100 valence electrons. The van der Waals surface area contributed by atoms with Crippen LogP contribution in [0.25, 0.3) is 0 Å². The first-order valence-corrected chi connectivity index (χ1v) is 7.74. The van der Waals surface area contributed by atoms with E-state index in [0.29, 0.717) is 6.04 Å². The van der Waals surface area contributed by atoms with Crippen molar-refractivity contribution < 1.29 is 0 Å².